The molecule has 0 aromatic heterocycles. The van der Waals surface area contributed by atoms with Crippen molar-refractivity contribution in [3.05, 3.63) is 0 Å². The molecule has 0 aromatic rings. The fourth-order valence-electron chi connectivity index (χ4n) is 1.95. The van der Waals surface area contributed by atoms with E-state index in [0.29, 0.717) is 19.1 Å². The first-order valence-electron chi connectivity index (χ1n) is 7.84. The van der Waals surface area contributed by atoms with E-state index in [1.54, 1.807) is 7.05 Å². The molecular weight excluding hydrogens is 300 g/mol. The topological polar surface area (TPSA) is 74.8 Å². The molecule has 1 unspecified atom stereocenters. The van der Waals surface area contributed by atoms with E-state index < -0.39 is 0 Å². The third kappa shape index (κ3) is 7.24. The summed E-state index contributed by atoms with van der Waals surface area (Å²) in [5.74, 6) is 1.30. The summed E-state index contributed by atoms with van der Waals surface area (Å²) in [6.45, 7) is 8.06. The van der Waals surface area contributed by atoms with Gasteiger partial charge in [-0.15, -0.1) is 0 Å². The van der Waals surface area contributed by atoms with Crippen LogP contribution in [0.4, 0.5) is 4.79 Å². The zero-order chi connectivity index (χ0) is 16.6. The maximum absolute atomic E-state index is 11.6. The van der Waals surface area contributed by atoms with Crippen molar-refractivity contribution >= 4 is 23.8 Å². The number of nitrogens with zero attached hydrogens (tertiary/aromatic N) is 1. The summed E-state index contributed by atoms with van der Waals surface area (Å²) in [4.78, 5) is 15.8. The van der Waals surface area contributed by atoms with Gasteiger partial charge in [-0.25, -0.2) is 4.79 Å². The highest BCUT2D eigenvalue weighted by molar-refractivity contribution is 7.99. The lowest BCUT2D eigenvalue weighted by Gasteiger charge is -2.25. The zero-order valence-corrected chi connectivity index (χ0v) is 15.2. The third-order valence-electron chi connectivity index (χ3n) is 3.72. The Hall–Kier alpha value is -1.11. The molecule has 0 heterocycles. The summed E-state index contributed by atoms with van der Waals surface area (Å²) < 4.78 is 5.11. The van der Waals surface area contributed by atoms with Crippen LogP contribution in [0.5, 0.6) is 0 Å². The molecule has 1 amide bonds. The number of nitrogens with one attached hydrogen (secondary N) is 3. The number of aliphatic imine (C=N–C) groups is 1. The van der Waals surface area contributed by atoms with Gasteiger partial charge >= 0.3 is 6.09 Å². The Morgan fingerprint density at radius 3 is 2.59 bits per heavy atom. The number of carbonyl (C=O) groups excluding carboxylic acids is 1. The number of ether oxygens (including phenoxy) is 1. The summed E-state index contributed by atoms with van der Waals surface area (Å²) in [5.41, 5.74) is 0. The molecule has 3 N–H and O–H groups in total. The minimum absolute atomic E-state index is 0.0890. The van der Waals surface area contributed by atoms with Gasteiger partial charge in [0.05, 0.1) is 12.6 Å². The van der Waals surface area contributed by atoms with Crippen LogP contribution in [-0.2, 0) is 4.74 Å². The quantitative estimate of drug-likeness (QED) is 0.467. The number of alkyl carbamates (subject to hydrolysis) is 1. The van der Waals surface area contributed by atoms with Crippen molar-refractivity contribution in [3.63, 3.8) is 0 Å². The predicted octanol–water partition coefficient (Wildman–Crippen LogP) is 1.82. The molecular formula is C15H30N4O2S. The summed E-state index contributed by atoms with van der Waals surface area (Å²) in [7, 11) is 1.76. The van der Waals surface area contributed by atoms with E-state index in [1.165, 1.54) is 0 Å². The molecule has 128 valence electrons. The van der Waals surface area contributed by atoms with Gasteiger partial charge in [0.15, 0.2) is 5.96 Å². The van der Waals surface area contributed by atoms with Crippen molar-refractivity contribution in [1.29, 1.82) is 0 Å². The van der Waals surface area contributed by atoms with Crippen LogP contribution in [0, 0.1) is 5.92 Å². The molecule has 1 aliphatic rings. The molecule has 0 radical (unpaired) electrons. The number of rotatable bonds is 8. The van der Waals surface area contributed by atoms with Gasteiger partial charge in [-0.1, -0.05) is 0 Å². The van der Waals surface area contributed by atoms with Crippen molar-refractivity contribution in [3.8, 4) is 0 Å². The van der Waals surface area contributed by atoms with Crippen LogP contribution in [0.15, 0.2) is 4.99 Å². The van der Waals surface area contributed by atoms with Gasteiger partial charge < -0.3 is 20.7 Å². The van der Waals surface area contributed by atoms with Gasteiger partial charge in [-0.3, -0.25) is 4.99 Å². The Morgan fingerprint density at radius 1 is 1.41 bits per heavy atom. The molecule has 6 nitrogen and oxygen atoms in total. The van der Waals surface area contributed by atoms with E-state index in [0.717, 1.165) is 25.3 Å². The van der Waals surface area contributed by atoms with Crippen LogP contribution in [0.1, 0.15) is 33.6 Å². The average molecular weight is 330 g/mol. The van der Waals surface area contributed by atoms with Crippen LogP contribution in [0.3, 0.4) is 0 Å². The summed E-state index contributed by atoms with van der Waals surface area (Å²) >= 11 is 1.81. The fraction of sp³-hybridized carbons (Fsp3) is 0.867. The van der Waals surface area contributed by atoms with Crippen LogP contribution in [-0.4, -0.2) is 55.8 Å². The molecule has 0 spiro atoms. The number of carbonyl (C=O) groups is 1. The van der Waals surface area contributed by atoms with Crippen molar-refractivity contribution in [2.24, 2.45) is 10.9 Å². The Bertz CT molecular complexity index is 384. The zero-order valence-electron chi connectivity index (χ0n) is 14.4. The molecule has 22 heavy (non-hydrogen) atoms. The van der Waals surface area contributed by atoms with Crippen molar-refractivity contribution in [1.82, 2.24) is 16.0 Å². The third-order valence-corrected chi connectivity index (χ3v) is 4.97. The van der Waals surface area contributed by atoms with Gasteiger partial charge in [0.25, 0.3) is 0 Å². The van der Waals surface area contributed by atoms with Crippen LogP contribution >= 0.6 is 11.8 Å². The van der Waals surface area contributed by atoms with Gasteiger partial charge in [0.1, 0.15) is 0 Å². The monoisotopic (exact) mass is 330 g/mol. The minimum atomic E-state index is -0.340. The van der Waals surface area contributed by atoms with E-state index in [9.17, 15) is 4.79 Å². The molecule has 0 aliphatic heterocycles. The van der Waals surface area contributed by atoms with Gasteiger partial charge in [-0.2, -0.15) is 11.8 Å². The highest BCUT2D eigenvalue weighted by Gasteiger charge is 2.32. The summed E-state index contributed by atoms with van der Waals surface area (Å²) in [6.07, 6.45) is 4.08. The standard InChI is InChI=1S/C15H30N4O2S/c1-6-21-14(20)19-12(11-7-8-11)9-17-13(16-4)18-10-15(2,3)22-5/h11-12H,6-10H2,1-5H3,(H,19,20)(H2,16,17,18). The Labute approximate surface area is 138 Å². The molecule has 1 aliphatic carbocycles. The van der Waals surface area contributed by atoms with Crippen molar-refractivity contribution in [2.45, 2.75) is 44.4 Å². The number of hydrogen-bond acceptors (Lipinski definition) is 4. The van der Waals surface area contributed by atoms with Crippen molar-refractivity contribution in [2.75, 3.05) is 33.0 Å². The normalized spacial score (nSPS) is 16.9. The Morgan fingerprint density at radius 2 is 2.09 bits per heavy atom. The van der Waals surface area contributed by atoms with E-state index in [1.807, 2.05) is 18.7 Å². The highest BCUT2D eigenvalue weighted by atomic mass is 32.2. The molecule has 1 saturated carbocycles. The molecule has 0 aromatic carbocycles. The maximum Gasteiger partial charge on any atom is 0.407 e. The van der Waals surface area contributed by atoms with E-state index in [2.05, 4.69) is 41.0 Å². The number of amides is 1. The minimum Gasteiger partial charge on any atom is -0.450 e. The first-order valence-corrected chi connectivity index (χ1v) is 9.07. The van der Waals surface area contributed by atoms with Crippen LogP contribution in [0.25, 0.3) is 0 Å². The second-order valence-corrected chi connectivity index (χ2v) is 7.59. The molecule has 1 rings (SSSR count). The number of guanidine groups is 1. The van der Waals surface area contributed by atoms with Gasteiger partial charge in [0, 0.05) is 24.9 Å². The van der Waals surface area contributed by atoms with E-state index in [-0.39, 0.29) is 16.9 Å². The lowest BCUT2D eigenvalue weighted by Crippen LogP contribution is -2.49. The average Bonchev–Trinajstić information content (AvgIpc) is 3.31. The molecule has 1 fully saturated rings. The largest absolute Gasteiger partial charge is 0.450 e. The van der Waals surface area contributed by atoms with Crippen LogP contribution in [0.2, 0.25) is 0 Å². The van der Waals surface area contributed by atoms with E-state index in [4.69, 9.17) is 4.74 Å². The Kier molecular flexibility index (Phi) is 7.85. The predicted molar refractivity (Wildman–Crippen MR) is 93.6 cm³/mol. The molecule has 0 saturated heterocycles. The second-order valence-electron chi connectivity index (χ2n) is 6.08. The number of hydrogen-bond donors (Lipinski definition) is 3. The fourth-order valence-corrected chi connectivity index (χ4v) is 2.17. The van der Waals surface area contributed by atoms with Gasteiger partial charge in [0.2, 0.25) is 0 Å². The lowest BCUT2D eigenvalue weighted by atomic mass is 10.2. The first-order chi connectivity index (χ1) is 10.4. The molecule has 1 atom stereocenters. The van der Waals surface area contributed by atoms with Gasteiger partial charge in [-0.05, 0) is 45.8 Å². The smallest absolute Gasteiger partial charge is 0.407 e. The van der Waals surface area contributed by atoms with E-state index >= 15 is 0 Å². The lowest BCUT2D eigenvalue weighted by molar-refractivity contribution is 0.146. The van der Waals surface area contributed by atoms with Crippen LogP contribution < -0.4 is 16.0 Å². The SMILES string of the molecule is CCOC(=O)NC(CNC(=NC)NCC(C)(C)SC)C1CC1. The summed E-state index contributed by atoms with van der Waals surface area (Å²) in [5, 5.41) is 9.55. The molecule has 7 heteroatoms. The Balaban J connectivity index is 2.40. The highest BCUT2D eigenvalue weighted by Crippen LogP contribution is 2.32. The number of thioether (sulfide) groups is 1. The maximum atomic E-state index is 11.6. The first kappa shape index (κ1) is 18.9. The molecule has 0 bridgehead atoms. The van der Waals surface area contributed by atoms with Crippen molar-refractivity contribution < 1.29 is 9.53 Å². The summed E-state index contributed by atoms with van der Waals surface area (Å²) in [6, 6.07) is 0.0890. The second kappa shape index (κ2) is 9.12.